The normalized spacial score (nSPS) is 16.0. The third-order valence-corrected chi connectivity index (χ3v) is 3.52. The fourth-order valence-corrected chi connectivity index (χ4v) is 2.33. The molecular formula is C14H18ClF3N2O. The van der Waals surface area contributed by atoms with Crippen molar-refractivity contribution in [3.63, 3.8) is 0 Å². The summed E-state index contributed by atoms with van der Waals surface area (Å²) >= 11 is 0. The molecule has 0 bridgehead atoms. The summed E-state index contributed by atoms with van der Waals surface area (Å²) in [5.41, 5.74) is 5.17. The molecule has 0 radical (unpaired) electrons. The summed E-state index contributed by atoms with van der Waals surface area (Å²) in [5.74, 6) is -0.225. The van der Waals surface area contributed by atoms with E-state index in [1.165, 1.54) is 6.07 Å². The summed E-state index contributed by atoms with van der Waals surface area (Å²) in [5, 5.41) is 0. The van der Waals surface area contributed by atoms with Crippen molar-refractivity contribution in [1.29, 1.82) is 0 Å². The molecule has 21 heavy (non-hydrogen) atoms. The van der Waals surface area contributed by atoms with E-state index in [0.29, 0.717) is 5.56 Å². The van der Waals surface area contributed by atoms with Crippen LogP contribution in [0.3, 0.4) is 0 Å². The first-order valence-electron chi connectivity index (χ1n) is 6.53. The molecule has 1 aromatic carbocycles. The Bertz CT molecular complexity index is 503. The lowest BCUT2D eigenvalue weighted by Gasteiger charge is -2.29. The third-order valence-electron chi connectivity index (χ3n) is 3.52. The second-order valence-corrected chi connectivity index (χ2v) is 5.04. The average molecular weight is 323 g/mol. The van der Waals surface area contributed by atoms with Gasteiger partial charge < -0.3 is 10.6 Å². The number of benzene rings is 1. The van der Waals surface area contributed by atoms with Crippen molar-refractivity contribution in [3.8, 4) is 0 Å². The van der Waals surface area contributed by atoms with Gasteiger partial charge >= 0.3 is 6.18 Å². The molecule has 1 aliphatic carbocycles. The fourth-order valence-electron chi connectivity index (χ4n) is 2.33. The van der Waals surface area contributed by atoms with E-state index in [9.17, 15) is 18.0 Å². The van der Waals surface area contributed by atoms with Gasteiger partial charge in [-0.05, 0) is 37.5 Å². The number of hydrogen-bond donors (Lipinski definition) is 1. The maximum absolute atomic E-state index is 12.7. The molecule has 2 rings (SSSR count). The van der Waals surface area contributed by atoms with Gasteiger partial charge in [0.15, 0.2) is 0 Å². The van der Waals surface area contributed by atoms with Crippen molar-refractivity contribution in [2.45, 2.75) is 38.0 Å². The second-order valence-electron chi connectivity index (χ2n) is 5.04. The Balaban J connectivity index is 0.00000220. The van der Waals surface area contributed by atoms with Crippen LogP contribution >= 0.6 is 12.4 Å². The Hall–Kier alpha value is -1.27. The minimum absolute atomic E-state index is 0. The summed E-state index contributed by atoms with van der Waals surface area (Å²) in [6.07, 6.45) is -2.61. The molecule has 0 saturated heterocycles. The predicted octanol–water partition coefficient (Wildman–Crippen LogP) is 3.14. The Morgan fingerprint density at radius 3 is 2.52 bits per heavy atom. The zero-order chi connectivity index (χ0) is 14.9. The minimum atomic E-state index is -4.38. The van der Waals surface area contributed by atoms with Gasteiger partial charge in [0.05, 0.1) is 18.2 Å². The predicted molar refractivity (Wildman–Crippen MR) is 76.0 cm³/mol. The molecule has 1 aliphatic rings. The number of halogens is 4. The van der Waals surface area contributed by atoms with E-state index in [0.717, 1.165) is 25.0 Å². The SMILES string of the molecule is CC(c1cccc(C(F)(F)F)c1)N(C(=O)CN)C1CC1.Cl. The molecule has 1 saturated carbocycles. The van der Waals surface area contributed by atoms with Crippen molar-refractivity contribution < 1.29 is 18.0 Å². The number of rotatable bonds is 4. The summed E-state index contributed by atoms with van der Waals surface area (Å²) < 4.78 is 38.2. The first-order valence-corrected chi connectivity index (χ1v) is 6.53. The van der Waals surface area contributed by atoms with Gasteiger partial charge in [0.2, 0.25) is 5.91 Å². The molecule has 0 heterocycles. The molecule has 0 aliphatic heterocycles. The highest BCUT2D eigenvalue weighted by Crippen LogP contribution is 2.36. The zero-order valence-electron chi connectivity index (χ0n) is 11.6. The lowest BCUT2D eigenvalue weighted by molar-refractivity contribution is -0.137. The highest BCUT2D eigenvalue weighted by Gasteiger charge is 2.36. The van der Waals surface area contributed by atoms with Crippen LogP contribution in [0.5, 0.6) is 0 Å². The van der Waals surface area contributed by atoms with Crippen molar-refractivity contribution >= 4 is 18.3 Å². The molecule has 1 aromatic rings. The summed E-state index contributed by atoms with van der Waals surface area (Å²) in [7, 11) is 0. The van der Waals surface area contributed by atoms with E-state index in [1.54, 1.807) is 17.9 Å². The maximum atomic E-state index is 12.7. The van der Waals surface area contributed by atoms with Gasteiger partial charge in [0.25, 0.3) is 0 Å². The first-order chi connectivity index (χ1) is 9.34. The first kappa shape index (κ1) is 17.8. The van der Waals surface area contributed by atoms with Crippen LogP contribution in [0.2, 0.25) is 0 Å². The van der Waals surface area contributed by atoms with Crippen LogP contribution < -0.4 is 5.73 Å². The van der Waals surface area contributed by atoms with E-state index in [2.05, 4.69) is 0 Å². The molecule has 118 valence electrons. The number of hydrogen-bond acceptors (Lipinski definition) is 2. The number of nitrogens with two attached hydrogens (primary N) is 1. The number of carbonyl (C=O) groups excluding carboxylic acids is 1. The van der Waals surface area contributed by atoms with Crippen molar-refractivity contribution in [2.75, 3.05) is 6.54 Å². The quantitative estimate of drug-likeness (QED) is 0.925. The molecule has 0 spiro atoms. The third kappa shape index (κ3) is 4.11. The second kappa shape index (κ2) is 6.66. The van der Waals surface area contributed by atoms with Crippen LogP contribution in [-0.2, 0) is 11.0 Å². The molecule has 0 aromatic heterocycles. The smallest absolute Gasteiger partial charge is 0.332 e. The summed E-state index contributed by atoms with van der Waals surface area (Å²) in [6.45, 7) is 1.61. The van der Waals surface area contributed by atoms with E-state index in [4.69, 9.17) is 5.73 Å². The summed E-state index contributed by atoms with van der Waals surface area (Å²) in [6, 6.07) is 4.81. The van der Waals surface area contributed by atoms with Crippen LogP contribution in [0, 0.1) is 0 Å². The molecular weight excluding hydrogens is 305 g/mol. The van der Waals surface area contributed by atoms with E-state index in [1.807, 2.05) is 0 Å². The zero-order valence-corrected chi connectivity index (χ0v) is 12.4. The van der Waals surface area contributed by atoms with Crippen LogP contribution in [0.15, 0.2) is 24.3 Å². The molecule has 3 nitrogen and oxygen atoms in total. The van der Waals surface area contributed by atoms with Crippen LogP contribution in [0.1, 0.15) is 36.9 Å². The molecule has 1 atom stereocenters. The van der Waals surface area contributed by atoms with E-state index in [-0.39, 0.29) is 30.9 Å². The maximum Gasteiger partial charge on any atom is 0.416 e. The van der Waals surface area contributed by atoms with E-state index < -0.39 is 17.8 Å². The standard InChI is InChI=1S/C14H17F3N2O.ClH/c1-9(19(12-5-6-12)13(20)8-18)10-3-2-4-11(7-10)14(15,16)17;/h2-4,7,9,12H,5-6,8,18H2,1H3;1H. The minimum Gasteiger partial charge on any atom is -0.332 e. The lowest BCUT2D eigenvalue weighted by Crippen LogP contribution is -2.39. The molecule has 2 N–H and O–H groups in total. The topological polar surface area (TPSA) is 46.3 Å². The van der Waals surface area contributed by atoms with Crippen LogP contribution in [0.4, 0.5) is 13.2 Å². The largest absolute Gasteiger partial charge is 0.416 e. The average Bonchev–Trinajstić information content (AvgIpc) is 3.22. The van der Waals surface area contributed by atoms with Gasteiger partial charge in [-0.15, -0.1) is 12.4 Å². The van der Waals surface area contributed by atoms with Crippen molar-refractivity contribution in [3.05, 3.63) is 35.4 Å². The highest BCUT2D eigenvalue weighted by molar-refractivity contribution is 5.85. The Labute approximate surface area is 127 Å². The van der Waals surface area contributed by atoms with Gasteiger partial charge in [-0.25, -0.2) is 0 Å². The van der Waals surface area contributed by atoms with Crippen LogP contribution in [0.25, 0.3) is 0 Å². The summed E-state index contributed by atoms with van der Waals surface area (Å²) in [4.78, 5) is 13.5. The van der Waals surface area contributed by atoms with Gasteiger partial charge in [0.1, 0.15) is 0 Å². The van der Waals surface area contributed by atoms with Crippen LogP contribution in [-0.4, -0.2) is 23.4 Å². The fraction of sp³-hybridized carbons (Fsp3) is 0.500. The number of nitrogens with zero attached hydrogens (tertiary/aromatic N) is 1. The van der Waals surface area contributed by atoms with Gasteiger partial charge in [-0.3, -0.25) is 4.79 Å². The lowest BCUT2D eigenvalue weighted by atomic mass is 10.0. The van der Waals surface area contributed by atoms with Crippen molar-refractivity contribution in [1.82, 2.24) is 4.90 Å². The Morgan fingerprint density at radius 1 is 1.43 bits per heavy atom. The molecule has 1 unspecified atom stereocenters. The molecule has 1 fully saturated rings. The number of alkyl halides is 3. The molecule has 7 heteroatoms. The number of carbonyl (C=O) groups is 1. The van der Waals surface area contributed by atoms with E-state index >= 15 is 0 Å². The highest BCUT2D eigenvalue weighted by atomic mass is 35.5. The van der Waals surface area contributed by atoms with Crippen molar-refractivity contribution in [2.24, 2.45) is 5.73 Å². The Morgan fingerprint density at radius 2 is 2.05 bits per heavy atom. The monoisotopic (exact) mass is 322 g/mol. The van der Waals surface area contributed by atoms with Gasteiger partial charge in [-0.1, -0.05) is 12.1 Å². The Kier molecular flexibility index (Phi) is 5.64. The molecule has 1 amide bonds. The van der Waals surface area contributed by atoms with Gasteiger partial charge in [-0.2, -0.15) is 13.2 Å². The van der Waals surface area contributed by atoms with Gasteiger partial charge in [0, 0.05) is 6.04 Å². The number of amides is 1.